The molecule has 0 spiro atoms. The molecule has 0 aliphatic rings. The first-order valence-corrected chi connectivity index (χ1v) is 7.56. The smallest absolute Gasteiger partial charge is 0.205 e. The van der Waals surface area contributed by atoms with Crippen molar-refractivity contribution in [2.75, 3.05) is 11.9 Å². The fraction of sp³-hybridized carbons (Fsp3) is 0.615. The molecule has 0 aliphatic heterocycles. The van der Waals surface area contributed by atoms with Gasteiger partial charge in [-0.1, -0.05) is 25.2 Å². The van der Waals surface area contributed by atoms with E-state index in [0.717, 1.165) is 35.2 Å². The molecule has 19 heavy (non-hydrogen) atoms. The second-order valence-electron chi connectivity index (χ2n) is 4.59. The van der Waals surface area contributed by atoms with Crippen molar-refractivity contribution in [1.82, 2.24) is 20.0 Å². The Morgan fingerprint density at radius 1 is 1.21 bits per heavy atom. The van der Waals surface area contributed by atoms with E-state index >= 15 is 0 Å². The van der Waals surface area contributed by atoms with Crippen LogP contribution in [-0.2, 0) is 13.0 Å². The number of anilines is 1. The van der Waals surface area contributed by atoms with Gasteiger partial charge in [0.1, 0.15) is 5.01 Å². The van der Waals surface area contributed by atoms with E-state index in [1.165, 1.54) is 11.3 Å². The number of aromatic nitrogens is 4. The zero-order valence-electron chi connectivity index (χ0n) is 12.0. The highest BCUT2D eigenvalue weighted by Crippen LogP contribution is 2.19. The Labute approximate surface area is 118 Å². The molecule has 0 atom stereocenters. The SMILES string of the molecule is CCCNc1nnc(Cn2nc(C)c(CC)c2C)s1. The molecule has 0 saturated carbocycles. The molecule has 0 radical (unpaired) electrons. The quantitative estimate of drug-likeness (QED) is 0.883. The normalized spacial score (nSPS) is 10.9. The summed E-state index contributed by atoms with van der Waals surface area (Å²) in [5.41, 5.74) is 3.70. The van der Waals surface area contributed by atoms with Crippen LogP contribution in [0.5, 0.6) is 0 Å². The molecule has 0 fully saturated rings. The minimum absolute atomic E-state index is 0.706. The molecule has 0 aromatic carbocycles. The third kappa shape index (κ3) is 3.12. The zero-order chi connectivity index (χ0) is 13.8. The summed E-state index contributed by atoms with van der Waals surface area (Å²) in [5.74, 6) is 0. The molecule has 0 unspecified atom stereocenters. The highest BCUT2D eigenvalue weighted by atomic mass is 32.1. The third-order valence-corrected chi connectivity index (χ3v) is 4.03. The fourth-order valence-corrected chi connectivity index (χ4v) is 2.90. The van der Waals surface area contributed by atoms with Gasteiger partial charge in [0.15, 0.2) is 0 Å². The Morgan fingerprint density at radius 2 is 2.00 bits per heavy atom. The topological polar surface area (TPSA) is 55.6 Å². The van der Waals surface area contributed by atoms with Crippen LogP contribution >= 0.6 is 11.3 Å². The summed E-state index contributed by atoms with van der Waals surface area (Å²) in [5, 5.41) is 18.1. The molecule has 104 valence electrons. The van der Waals surface area contributed by atoms with Crippen molar-refractivity contribution >= 4 is 16.5 Å². The highest BCUT2D eigenvalue weighted by molar-refractivity contribution is 7.15. The lowest BCUT2D eigenvalue weighted by molar-refractivity contribution is 0.650. The lowest BCUT2D eigenvalue weighted by Crippen LogP contribution is -2.04. The van der Waals surface area contributed by atoms with E-state index in [1.807, 2.05) is 4.68 Å². The summed E-state index contributed by atoms with van der Waals surface area (Å²) in [6, 6.07) is 0. The molecular weight excluding hydrogens is 258 g/mol. The lowest BCUT2D eigenvalue weighted by Gasteiger charge is -2.01. The van der Waals surface area contributed by atoms with Gasteiger partial charge in [0.2, 0.25) is 5.13 Å². The average Bonchev–Trinajstić information content (AvgIpc) is 2.93. The maximum Gasteiger partial charge on any atom is 0.205 e. The van der Waals surface area contributed by atoms with E-state index in [2.05, 4.69) is 48.3 Å². The maximum absolute atomic E-state index is 4.58. The van der Waals surface area contributed by atoms with E-state index in [0.29, 0.717) is 6.54 Å². The van der Waals surface area contributed by atoms with Crippen LogP contribution in [-0.4, -0.2) is 26.5 Å². The van der Waals surface area contributed by atoms with Crippen molar-refractivity contribution < 1.29 is 0 Å². The number of nitrogens with zero attached hydrogens (tertiary/aromatic N) is 4. The molecule has 0 aliphatic carbocycles. The van der Waals surface area contributed by atoms with Crippen molar-refractivity contribution in [3.63, 3.8) is 0 Å². The van der Waals surface area contributed by atoms with Crippen LogP contribution in [0.25, 0.3) is 0 Å². The number of hydrogen-bond acceptors (Lipinski definition) is 5. The van der Waals surface area contributed by atoms with Crippen molar-refractivity contribution in [2.45, 2.75) is 47.1 Å². The molecule has 0 amide bonds. The van der Waals surface area contributed by atoms with Crippen molar-refractivity contribution in [2.24, 2.45) is 0 Å². The summed E-state index contributed by atoms with van der Waals surface area (Å²) in [6.45, 7) is 10.1. The van der Waals surface area contributed by atoms with E-state index in [-0.39, 0.29) is 0 Å². The molecular formula is C13H21N5S. The van der Waals surface area contributed by atoms with Gasteiger partial charge in [-0.2, -0.15) is 5.10 Å². The van der Waals surface area contributed by atoms with Crippen LogP contribution in [0.3, 0.4) is 0 Å². The minimum Gasteiger partial charge on any atom is -0.360 e. The molecule has 2 aromatic heterocycles. The second-order valence-corrected chi connectivity index (χ2v) is 5.65. The Morgan fingerprint density at radius 3 is 2.63 bits per heavy atom. The standard InChI is InChI=1S/C13H21N5S/c1-5-7-14-13-16-15-12(19-13)8-18-10(4)11(6-2)9(3)17-18/h5-8H2,1-4H3,(H,14,16). The molecule has 0 bridgehead atoms. The van der Waals surface area contributed by atoms with Crippen molar-refractivity contribution in [1.29, 1.82) is 0 Å². The Balaban J connectivity index is 2.10. The summed E-state index contributed by atoms with van der Waals surface area (Å²) in [4.78, 5) is 0. The minimum atomic E-state index is 0.706. The largest absolute Gasteiger partial charge is 0.360 e. The molecule has 1 N–H and O–H groups in total. The van der Waals surface area contributed by atoms with Gasteiger partial charge in [-0.05, 0) is 32.3 Å². The van der Waals surface area contributed by atoms with Gasteiger partial charge in [0, 0.05) is 12.2 Å². The Hall–Kier alpha value is -1.43. The molecule has 5 nitrogen and oxygen atoms in total. The van der Waals surface area contributed by atoms with Gasteiger partial charge < -0.3 is 5.32 Å². The summed E-state index contributed by atoms with van der Waals surface area (Å²) >= 11 is 1.60. The zero-order valence-corrected chi connectivity index (χ0v) is 12.8. The first kappa shape index (κ1) is 14.0. The highest BCUT2D eigenvalue weighted by Gasteiger charge is 2.12. The van der Waals surface area contributed by atoms with Gasteiger partial charge >= 0.3 is 0 Å². The van der Waals surface area contributed by atoms with Crippen LogP contribution in [0.15, 0.2) is 0 Å². The monoisotopic (exact) mass is 279 g/mol. The number of aryl methyl sites for hydroxylation is 1. The number of rotatable bonds is 6. The predicted octanol–water partition coefficient (Wildman–Crippen LogP) is 2.78. The summed E-state index contributed by atoms with van der Waals surface area (Å²) in [7, 11) is 0. The van der Waals surface area contributed by atoms with Gasteiger partial charge in [-0.15, -0.1) is 10.2 Å². The summed E-state index contributed by atoms with van der Waals surface area (Å²) < 4.78 is 2.03. The predicted molar refractivity (Wildman–Crippen MR) is 78.9 cm³/mol. The van der Waals surface area contributed by atoms with Crippen LogP contribution in [0.4, 0.5) is 5.13 Å². The third-order valence-electron chi connectivity index (χ3n) is 3.16. The molecule has 2 rings (SSSR count). The van der Waals surface area contributed by atoms with Crippen molar-refractivity contribution in [3.8, 4) is 0 Å². The molecule has 0 saturated heterocycles. The first-order valence-electron chi connectivity index (χ1n) is 6.74. The van der Waals surface area contributed by atoms with Gasteiger partial charge in [0.05, 0.1) is 12.2 Å². The van der Waals surface area contributed by atoms with E-state index in [1.54, 1.807) is 11.3 Å². The fourth-order valence-electron chi connectivity index (χ4n) is 2.15. The Kier molecular flexibility index (Phi) is 4.52. The van der Waals surface area contributed by atoms with Crippen LogP contribution in [0.1, 0.15) is 42.2 Å². The summed E-state index contributed by atoms with van der Waals surface area (Å²) in [6.07, 6.45) is 2.11. The molecule has 6 heteroatoms. The number of hydrogen-bond donors (Lipinski definition) is 1. The van der Waals surface area contributed by atoms with Crippen LogP contribution < -0.4 is 5.32 Å². The van der Waals surface area contributed by atoms with Gasteiger partial charge in [-0.25, -0.2) is 0 Å². The van der Waals surface area contributed by atoms with Gasteiger partial charge in [-0.3, -0.25) is 4.68 Å². The number of nitrogens with one attached hydrogen (secondary N) is 1. The lowest BCUT2D eigenvalue weighted by atomic mass is 10.1. The maximum atomic E-state index is 4.58. The molecule has 2 heterocycles. The van der Waals surface area contributed by atoms with Gasteiger partial charge in [0.25, 0.3) is 0 Å². The van der Waals surface area contributed by atoms with E-state index in [4.69, 9.17) is 0 Å². The van der Waals surface area contributed by atoms with Crippen LogP contribution in [0.2, 0.25) is 0 Å². The second kappa shape index (κ2) is 6.14. The van der Waals surface area contributed by atoms with E-state index in [9.17, 15) is 0 Å². The van der Waals surface area contributed by atoms with Crippen LogP contribution in [0, 0.1) is 13.8 Å². The molecule has 2 aromatic rings. The van der Waals surface area contributed by atoms with E-state index < -0.39 is 0 Å². The Bertz CT molecular complexity index is 543. The van der Waals surface area contributed by atoms with Crippen molar-refractivity contribution in [3.05, 3.63) is 22.0 Å². The average molecular weight is 279 g/mol. The first-order chi connectivity index (χ1) is 9.15.